The lowest BCUT2D eigenvalue weighted by Gasteiger charge is -2.26. The van der Waals surface area contributed by atoms with Crippen LogP contribution in [0.2, 0.25) is 10.0 Å². The highest BCUT2D eigenvalue weighted by molar-refractivity contribution is 6.42. The molecule has 4 nitrogen and oxygen atoms in total. The van der Waals surface area contributed by atoms with E-state index in [1.165, 1.54) is 0 Å². The van der Waals surface area contributed by atoms with Crippen LogP contribution in [0.3, 0.4) is 0 Å². The second kappa shape index (κ2) is 8.16. The number of carbonyl (C=O) groups excluding carboxylic acids is 1. The van der Waals surface area contributed by atoms with Gasteiger partial charge < -0.3 is 11.1 Å². The molecule has 22 heavy (non-hydrogen) atoms. The molecule has 0 aliphatic carbocycles. The van der Waals surface area contributed by atoms with Gasteiger partial charge in [0.15, 0.2) is 0 Å². The number of nitrogens with zero attached hydrogens (tertiary/aromatic N) is 1. The number of amides is 1. The van der Waals surface area contributed by atoms with E-state index in [0.717, 1.165) is 31.5 Å². The van der Waals surface area contributed by atoms with Crippen LogP contribution in [0.5, 0.6) is 0 Å². The van der Waals surface area contributed by atoms with E-state index in [2.05, 4.69) is 17.1 Å². The summed E-state index contributed by atoms with van der Waals surface area (Å²) in [6.45, 7) is 4.78. The summed E-state index contributed by atoms with van der Waals surface area (Å²) in [7, 11) is 0. The molecule has 1 heterocycles. The molecular formula is C16H23Cl2N3O. The quantitative estimate of drug-likeness (QED) is 0.834. The van der Waals surface area contributed by atoms with Gasteiger partial charge in [-0.2, -0.15) is 0 Å². The average molecular weight is 344 g/mol. The Bertz CT molecular complexity index is 524. The highest BCUT2D eigenvalue weighted by Gasteiger charge is 2.37. The Labute approximate surface area is 141 Å². The maximum absolute atomic E-state index is 12.6. The predicted molar refractivity (Wildman–Crippen MR) is 91.1 cm³/mol. The van der Waals surface area contributed by atoms with Crippen LogP contribution in [0.15, 0.2) is 18.2 Å². The molecule has 1 fully saturated rings. The minimum Gasteiger partial charge on any atom is -0.351 e. The van der Waals surface area contributed by atoms with Crippen molar-refractivity contribution in [2.75, 3.05) is 19.6 Å². The van der Waals surface area contributed by atoms with Crippen LogP contribution in [0.4, 0.5) is 0 Å². The first-order chi connectivity index (χ1) is 10.6. The van der Waals surface area contributed by atoms with Gasteiger partial charge in [-0.1, -0.05) is 48.7 Å². The first-order valence-electron chi connectivity index (χ1n) is 7.73. The Morgan fingerprint density at radius 2 is 2.23 bits per heavy atom. The molecule has 0 bridgehead atoms. The van der Waals surface area contributed by atoms with Crippen molar-refractivity contribution in [1.82, 2.24) is 10.2 Å². The molecule has 0 spiro atoms. The molecule has 0 radical (unpaired) electrons. The molecule has 122 valence electrons. The zero-order valence-corrected chi connectivity index (χ0v) is 14.3. The summed E-state index contributed by atoms with van der Waals surface area (Å²) in [5.41, 5.74) is 6.49. The van der Waals surface area contributed by atoms with Gasteiger partial charge in [0.2, 0.25) is 5.91 Å². The molecule has 0 aromatic heterocycles. The maximum atomic E-state index is 12.6. The summed E-state index contributed by atoms with van der Waals surface area (Å²) in [6.07, 6.45) is 2.05. The largest absolute Gasteiger partial charge is 0.351 e. The van der Waals surface area contributed by atoms with Crippen LogP contribution in [-0.4, -0.2) is 36.5 Å². The van der Waals surface area contributed by atoms with E-state index in [-0.39, 0.29) is 11.9 Å². The smallest absolute Gasteiger partial charge is 0.237 e. The zero-order valence-electron chi connectivity index (χ0n) is 12.8. The van der Waals surface area contributed by atoms with Crippen molar-refractivity contribution in [2.24, 2.45) is 11.7 Å². The molecule has 1 aromatic carbocycles. The van der Waals surface area contributed by atoms with Crippen LogP contribution in [0, 0.1) is 5.92 Å². The molecule has 0 unspecified atom stereocenters. The highest BCUT2D eigenvalue weighted by Crippen LogP contribution is 2.28. The fourth-order valence-electron chi connectivity index (χ4n) is 3.12. The van der Waals surface area contributed by atoms with Crippen LogP contribution < -0.4 is 11.1 Å². The molecule has 1 aromatic rings. The van der Waals surface area contributed by atoms with Crippen LogP contribution in [0.1, 0.15) is 25.3 Å². The Kier molecular flexibility index (Phi) is 6.50. The minimum atomic E-state index is -0.0912. The number of halogens is 2. The number of carbonyl (C=O) groups is 1. The summed E-state index contributed by atoms with van der Waals surface area (Å²) >= 11 is 12.2. The van der Waals surface area contributed by atoms with Gasteiger partial charge >= 0.3 is 0 Å². The van der Waals surface area contributed by atoms with Gasteiger partial charge in [-0.3, -0.25) is 9.69 Å². The fourth-order valence-corrected chi connectivity index (χ4v) is 3.51. The summed E-state index contributed by atoms with van der Waals surface area (Å²) in [5.74, 6) is 0.440. The number of likely N-dealkylation sites (tertiary alicyclic amines) is 1. The Hall–Kier alpha value is -0.810. The van der Waals surface area contributed by atoms with E-state index in [9.17, 15) is 4.79 Å². The van der Waals surface area contributed by atoms with Gasteiger partial charge in [-0.25, -0.2) is 0 Å². The lowest BCUT2D eigenvalue weighted by atomic mass is 9.96. The number of hydrogen-bond acceptors (Lipinski definition) is 3. The standard InChI is InChI=1S/C16H23Cl2N3O/c1-2-11-6-8-21(9-7-19)15(11)16(22)20-10-12-4-3-5-13(17)14(12)18/h3-5,11,15H,2,6-10,19H2,1H3,(H,20,22)/t11-,15-/m0/s1. The zero-order chi connectivity index (χ0) is 16.1. The first-order valence-corrected chi connectivity index (χ1v) is 8.48. The third kappa shape index (κ3) is 3.93. The molecular weight excluding hydrogens is 321 g/mol. The van der Waals surface area contributed by atoms with Crippen molar-refractivity contribution in [2.45, 2.75) is 32.4 Å². The first kappa shape index (κ1) is 17.5. The average Bonchev–Trinajstić information content (AvgIpc) is 2.92. The van der Waals surface area contributed by atoms with Gasteiger partial charge in [0.1, 0.15) is 0 Å². The van der Waals surface area contributed by atoms with Crippen molar-refractivity contribution in [3.05, 3.63) is 33.8 Å². The number of nitrogens with one attached hydrogen (secondary N) is 1. The van der Waals surface area contributed by atoms with Gasteiger partial charge in [0.25, 0.3) is 0 Å². The molecule has 1 aliphatic heterocycles. The van der Waals surface area contributed by atoms with E-state index >= 15 is 0 Å². The molecule has 1 amide bonds. The number of benzene rings is 1. The second-order valence-electron chi connectivity index (χ2n) is 5.66. The van der Waals surface area contributed by atoms with Crippen molar-refractivity contribution in [3.8, 4) is 0 Å². The van der Waals surface area contributed by atoms with Gasteiger partial charge in [0.05, 0.1) is 16.1 Å². The molecule has 1 aliphatic rings. The topological polar surface area (TPSA) is 58.4 Å². The third-order valence-electron chi connectivity index (χ3n) is 4.32. The van der Waals surface area contributed by atoms with Gasteiger partial charge in [-0.15, -0.1) is 0 Å². The van der Waals surface area contributed by atoms with E-state index in [1.807, 2.05) is 12.1 Å². The molecule has 3 N–H and O–H groups in total. The molecule has 2 atom stereocenters. The molecule has 1 saturated heterocycles. The molecule has 2 rings (SSSR count). The molecule has 0 saturated carbocycles. The normalized spacial score (nSPS) is 22.0. The Balaban J connectivity index is 2.02. The van der Waals surface area contributed by atoms with Crippen LogP contribution in [-0.2, 0) is 11.3 Å². The summed E-state index contributed by atoms with van der Waals surface area (Å²) in [4.78, 5) is 14.8. The van der Waals surface area contributed by atoms with E-state index in [4.69, 9.17) is 28.9 Å². The second-order valence-corrected chi connectivity index (χ2v) is 6.44. The number of nitrogens with two attached hydrogens (primary N) is 1. The van der Waals surface area contributed by atoms with Crippen LogP contribution in [0.25, 0.3) is 0 Å². The minimum absolute atomic E-state index is 0.0499. The van der Waals surface area contributed by atoms with Gasteiger partial charge in [-0.05, 0) is 30.5 Å². The van der Waals surface area contributed by atoms with Crippen molar-refractivity contribution >= 4 is 29.1 Å². The Morgan fingerprint density at radius 3 is 2.91 bits per heavy atom. The summed E-state index contributed by atoms with van der Waals surface area (Å²) in [6, 6.07) is 5.35. The lowest BCUT2D eigenvalue weighted by molar-refractivity contribution is -0.126. The van der Waals surface area contributed by atoms with E-state index in [1.54, 1.807) is 6.07 Å². The number of rotatable bonds is 6. The molecule has 6 heteroatoms. The third-order valence-corrected chi connectivity index (χ3v) is 5.18. The van der Waals surface area contributed by atoms with E-state index in [0.29, 0.717) is 29.1 Å². The van der Waals surface area contributed by atoms with Crippen molar-refractivity contribution in [3.63, 3.8) is 0 Å². The monoisotopic (exact) mass is 343 g/mol. The SMILES string of the molecule is CC[C@H]1CCN(CCN)[C@@H]1C(=O)NCc1cccc(Cl)c1Cl. The van der Waals surface area contributed by atoms with Gasteiger partial charge in [0, 0.05) is 19.6 Å². The van der Waals surface area contributed by atoms with Crippen molar-refractivity contribution < 1.29 is 4.79 Å². The highest BCUT2D eigenvalue weighted by atomic mass is 35.5. The maximum Gasteiger partial charge on any atom is 0.237 e. The van der Waals surface area contributed by atoms with Crippen molar-refractivity contribution in [1.29, 1.82) is 0 Å². The lowest BCUT2D eigenvalue weighted by Crippen LogP contribution is -2.47. The summed E-state index contributed by atoms with van der Waals surface area (Å²) < 4.78 is 0. The van der Waals surface area contributed by atoms with Crippen LogP contribution >= 0.6 is 23.2 Å². The predicted octanol–water partition coefficient (Wildman–Crippen LogP) is 2.67. The number of hydrogen-bond donors (Lipinski definition) is 2. The summed E-state index contributed by atoms with van der Waals surface area (Å²) in [5, 5.41) is 4.00. The van der Waals surface area contributed by atoms with E-state index < -0.39 is 0 Å². The fraction of sp³-hybridized carbons (Fsp3) is 0.562. The Morgan fingerprint density at radius 1 is 1.45 bits per heavy atom.